The van der Waals surface area contributed by atoms with Gasteiger partial charge >= 0.3 is 0 Å². The molecule has 1 aliphatic heterocycles. The molecule has 1 unspecified atom stereocenters. The van der Waals surface area contributed by atoms with Crippen LogP contribution in [0.4, 0.5) is 0 Å². The van der Waals surface area contributed by atoms with Gasteiger partial charge in [-0.3, -0.25) is 4.79 Å². The van der Waals surface area contributed by atoms with Gasteiger partial charge in [-0.2, -0.15) is 0 Å². The number of hydrogen-bond donors (Lipinski definition) is 2. The van der Waals surface area contributed by atoms with E-state index in [2.05, 4.69) is 24.5 Å². The first-order valence-corrected chi connectivity index (χ1v) is 7.09. The lowest BCUT2D eigenvalue weighted by Gasteiger charge is -2.36. The second-order valence-corrected chi connectivity index (χ2v) is 6.30. The molecular formula is C14H26N2O. The van der Waals surface area contributed by atoms with Gasteiger partial charge in [0.05, 0.1) is 5.41 Å². The molecule has 1 amide bonds. The molecule has 2 aliphatic rings. The zero-order valence-corrected chi connectivity index (χ0v) is 11.3. The molecule has 1 atom stereocenters. The van der Waals surface area contributed by atoms with Crippen LogP contribution in [0.15, 0.2) is 0 Å². The van der Waals surface area contributed by atoms with Crippen molar-refractivity contribution in [1.82, 2.24) is 10.6 Å². The molecule has 0 aromatic heterocycles. The highest BCUT2D eigenvalue weighted by molar-refractivity contribution is 5.83. The Morgan fingerprint density at radius 1 is 1.35 bits per heavy atom. The molecule has 1 heterocycles. The van der Waals surface area contributed by atoms with E-state index in [-0.39, 0.29) is 5.41 Å². The smallest absolute Gasteiger partial charge is 0.227 e. The first kappa shape index (κ1) is 12.9. The van der Waals surface area contributed by atoms with Crippen LogP contribution in [0.2, 0.25) is 0 Å². The first-order valence-electron chi connectivity index (χ1n) is 7.09. The number of nitrogens with one attached hydrogen (secondary N) is 2. The molecule has 98 valence electrons. The van der Waals surface area contributed by atoms with Crippen molar-refractivity contribution >= 4 is 5.91 Å². The zero-order valence-electron chi connectivity index (χ0n) is 11.3. The molecule has 3 heteroatoms. The Bertz CT molecular complexity index is 272. The van der Waals surface area contributed by atoms with Crippen molar-refractivity contribution < 1.29 is 4.79 Å². The third kappa shape index (κ3) is 3.01. The highest BCUT2D eigenvalue weighted by Crippen LogP contribution is 2.44. The number of rotatable bonds is 5. The van der Waals surface area contributed by atoms with Gasteiger partial charge < -0.3 is 10.6 Å². The molecule has 0 bridgehead atoms. The monoisotopic (exact) mass is 238 g/mol. The Morgan fingerprint density at radius 2 is 2.12 bits per heavy atom. The summed E-state index contributed by atoms with van der Waals surface area (Å²) >= 11 is 0. The average molecular weight is 238 g/mol. The predicted octanol–water partition coefficient (Wildman–Crippen LogP) is 2.07. The summed E-state index contributed by atoms with van der Waals surface area (Å²) < 4.78 is 0. The maximum atomic E-state index is 12.4. The molecule has 0 spiro atoms. The second-order valence-electron chi connectivity index (χ2n) is 6.30. The molecule has 1 saturated heterocycles. The van der Waals surface area contributed by atoms with E-state index in [0.29, 0.717) is 11.3 Å². The van der Waals surface area contributed by atoms with Crippen LogP contribution in [0, 0.1) is 10.8 Å². The Kier molecular flexibility index (Phi) is 3.76. The van der Waals surface area contributed by atoms with Crippen LogP contribution in [0.25, 0.3) is 0 Å². The van der Waals surface area contributed by atoms with Gasteiger partial charge in [-0.05, 0) is 44.1 Å². The van der Waals surface area contributed by atoms with Crippen molar-refractivity contribution in [2.24, 2.45) is 10.8 Å². The maximum absolute atomic E-state index is 12.4. The Hall–Kier alpha value is -0.570. The van der Waals surface area contributed by atoms with Gasteiger partial charge in [0.2, 0.25) is 5.91 Å². The zero-order chi connectivity index (χ0) is 12.4. The lowest BCUT2D eigenvalue weighted by atomic mass is 9.76. The van der Waals surface area contributed by atoms with E-state index in [1.54, 1.807) is 0 Å². The van der Waals surface area contributed by atoms with Gasteiger partial charge in [0.25, 0.3) is 0 Å². The molecule has 3 nitrogen and oxygen atoms in total. The first-order chi connectivity index (χ1) is 8.10. The largest absolute Gasteiger partial charge is 0.355 e. The van der Waals surface area contributed by atoms with Crippen molar-refractivity contribution in [3.05, 3.63) is 0 Å². The van der Waals surface area contributed by atoms with Crippen LogP contribution >= 0.6 is 0 Å². The van der Waals surface area contributed by atoms with E-state index in [4.69, 9.17) is 0 Å². The van der Waals surface area contributed by atoms with Gasteiger partial charge in [-0.1, -0.05) is 20.3 Å². The van der Waals surface area contributed by atoms with E-state index < -0.39 is 0 Å². The highest BCUT2D eigenvalue weighted by atomic mass is 16.2. The lowest BCUT2D eigenvalue weighted by Crippen LogP contribution is -2.51. The van der Waals surface area contributed by atoms with Crippen molar-refractivity contribution in [3.63, 3.8) is 0 Å². The molecule has 0 radical (unpaired) electrons. The number of hydrogen-bond acceptors (Lipinski definition) is 2. The summed E-state index contributed by atoms with van der Waals surface area (Å²) in [6.45, 7) is 7.24. The van der Waals surface area contributed by atoms with Crippen LogP contribution in [0.5, 0.6) is 0 Å². The summed E-state index contributed by atoms with van der Waals surface area (Å²) in [4.78, 5) is 12.4. The molecule has 1 aliphatic carbocycles. The third-order valence-electron chi connectivity index (χ3n) is 4.46. The Morgan fingerprint density at radius 3 is 2.65 bits per heavy atom. The number of amides is 1. The van der Waals surface area contributed by atoms with Gasteiger partial charge in [0.1, 0.15) is 0 Å². The van der Waals surface area contributed by atoms with Crippen LogP contribution in [0.1, 0.15) is 52.4 Å². The molecule has 2 N–H and O–H groups in total. The average Bonchev–Trinajstić information content (AvgIpc) is 3.06. The van der Waals surface area contributed by atoms with Crippen LogP contribution in [-0.4, -0.2) is 25.5 Å². The van der Waals surface area contributed by atoms with E-state index in [1.165, 1.54) is 12.8 Å². The molecule has 2 fully saturated rings. The highest BCUT2D eigenvalue weighted by Gasteiger charge is 2.42. The number of carbonyl (C=O) groups excluding carboxylic acids is 1. The molecule has 2 rings (SSSR count). The van der Waals surface area contributed by atoms with Crippen LogP contribution in [-0.2, 0) is 4.79 Å². The van der Waals surface area contributed by atoms with Gasteiger partial charge in [-0.25, -0.2) is 0 Å². The minimum absolute atomic E-state index is 0.127. The standard InChI is InChI=1S/C14H26N2O/c1-3-5-14(6-4-9-15-11-14)12(17)16-10-13(2)7-8-13/h15H,3-11H2,1-2H3,(H,16,17). The minimum Gasteiger partial charge on any atom is -0.355 e. The third-order valence-corrected chi connectivity index (χ3v) is 4.46. The fourth-order valence-electron chi connectivity index (χ4n) is 2.84. The van der Waals surface area contributed by atoms with Gasteiger partial charge in [0.15, 0.2) is 0 Å². The summed E-state index contributed by atoms with van der Waals surface area (Å²) in [6, 6.07) is 0. The topological polar surface area (TPSA) is 41.1 Å². The quantitative estimate of drug-likeness (QED) is 0.770. The number of carbonyl (C=O) groups is 1. The maximum Gasteiger partial charge on any atom is 0.227 e. The lowest BCUT2D eigenvalue weighted by molar-refractivity contribution is -0.132. The second kappa shape index (κ2) is 4.97. The summed E-state index contributed by atoms with van der Waals surface area (Å²) in [5.41, 5.74) is 0.281. The van der Waals surface area contributed by atoms with Crippen LogP contribution in [0.3, 0.4) is 0 Å². The van der Waals surface area contributed by atoms with Crippen molar-refractivity contribution in [3.8, 4) is 0 Å². The molecule has 17 heavy (non-hydrogen) atoms. The molecular weight excluding hydrogens is 212 g/mol. The van der Waals surface area contributed by atoms with Crippen molar-refractivity contribution in [2.45, 2.75) is 52.4 Å². The predicted molar refractivity (Wildman–Crippen MR) is 69.8 cm³/mol. The van der Waals surface area contributed by atoms with E-state index in [1.807, 2.05) is 0 Å². The fourth-order valence-corrected chi connectivity index (χ4v) is 2.84. The van der Waals surface area contributed by atoms with Crippen LogP contribution < -0.4 is 10.6 Å². The Balaban J connectivity index is 1.91. The van der Waals surface area contributed by atoms with Gasteiger partial charge in [0, 0.05) is 13.1 Å². The SMILES string of the molecule is CCCC1(C(=O)NCC2(C)CC2)CCCNC1. The summed E-state index contributed by atoms with van der Waals surface area (Å²) in [5.74, 6) is 0.291. The Labute approximate surface area is 105 Å². The summed E-state index contributed by atoms with van der Waals surface area (Å²) in [7, 11) is 0. The molecule has 0 aromatic carbocycles. The van der Waals surface area contributed by atoms with Gasteiger partial charge in [-0.15, -0.1) is 0 Å². The molecule has 1 saturated carbocycles. The number of piperidine rings is 1. The van der Waals surface area contributed by atoms with E-state index >= 15 is 0 Å². The molecule has 0 aromatic rings. The minimum atomic E-state index is -0.127. The van der Waals surface area contributed by atoms with E-state index in [9.17, 15) is 4.79 Å². The normalized spacial score (nSPS) is 30.9. The van der Waals surface area contributed by atoms with Crippen molar-refractivity contribution in [2.75, 3.05) is 19.6 Å². The summed E-state index contributed by atoms with van der Waals surface area (Å²) in [5, 5.41) is 6.59. The fraction of sp³-hybridized carbons (Fsp3) is 0.929. The summed E-state index contributed by atoms with van der Waals surface area (Å²) in [6.07, 6.45) is 6.83. The van der Waals surface area contributed by atoms with Crippen molar-refractivity contribution in [1.29, 1.82) is 0 Å². The van der Waals surface area contributed by atoms with E-state index in [0.717, 1.165) is 45.3 Å².